The summed E-state index contributed by atoms with van der Waals surface area (Å²) >= 11 is 0. The third-order valence-electron chi connectivity index (χ3n) is 3.23. The summed E-state index contributed by atoms with van der Waals surface area (Å²) in [5.74, 6) is 0. The molecule has 0 radical (unpaired) electrons. The summed E-state index contributed by atoms with van der Waals surface area (Å²) in [5.41, 5.74) is 8.99. The van der Waals surface area contributed by atoms with E-state index in [0.29, 0.717) is 5.56 Å². The second-order valence-electron chi connectivity index (χ2n) is 4.45. The Morgan fingerprint density at radius 2 is 1.89 bits per heavy atom. The van der Waals surface area contributed by atoms with E-state index in [9.17, 15) is 4.79 Å². The third-order valence-corrected chi connectivity index (χ3v) is 3.23. The number of hydrogen-bond acceptors (Lipinski definition) is 2. The van der Waals surface area contributed by atoms with Crippen molar-refractivity contribution < 1.29 is 0 Å². The summed E-state index contributed by atoms with van der Waals surface area (Å²) in [5, 5.41) is 0. The van der Waals surface area contributed by atoms with E-state index in [2.05, 4.69) is 19.1 Å². The van der Waals surface area contributed by atoms with Crippen molar-refractivity contribution in [1.82, 2.24) is 4.57 Å². The molecule has 3 nitrogen and oxygen atoms in total. The SMILES string of the molecule is CCc1ccc(C(N)c2cccn(C)c2=O)cc1. The average molecular weight is 242 g/mol. The molecule has 0 aliphatic heterocycles. The minimum atomic E-state index is -0.365. The molecule has 2 N–H and O–H groups in total. The summed E-state index contributed by atoms with van der Waals surface area (Å²) in [6.45, 7) is 2.11. The van der Waals surface area contributed by atoms with Crippen LogP contribution in [0.3, 0.4) is 0 Å². The van der Waals surface area contributed by atoms with E-state index < -0.39 is 0 Å². The van der Waals surface area contributed by atoms with Crippen molar-refractivity contribution in [3.63, 3.8) is 0 Å². The second kappa shape index (κ2) is 5.19. The molecular weight excluding hydrogens is 224 g/mol. The van der Waals surface area contributed by atoms with Gasteiger partial charge >= 0.3 is 0 Å². The molecule has 0 fully saturated rings. The summed E-state index contributed by atoms with van der Waals surface area (Å²) in [4.78, 5) is 12.0. The summed E-state index contributed by atoms with van der Waals surface area (Å²) in [6, 6.07) is 11.4. The van der Waals surface area contributed by atoms with E-state index in [4.69, 9.17) is 5.73 Å². The van der Waals surface area contributed by atoms with Gasteiger partial charge in [0, 0.05) is 18.8 Å². The number of aromatic nitrogens is 1. The summed E-state index contributed by atoms with van der Waals surface area (Å²) < 4.78 is 1.55. The van der Waals surface area contributed by atoms with Gasteiger partial charge in [-0.3, -0.25) is 4.79 Å². The Hall–Kier alpha value is -1.87. The maximum Gasteiger partial charge on any atom is 0.255 e. The molecule has 0 saturated heterocycles. The average Bonchev–Trinajstić information content (AvgIpc) is 2.41. The topological polar surface area (TPSA) is 48.0 Å². The predicted molar refractivity (Wildman–Crippen MR) is 73.5 cm³/mol. The Bertz CT molecular complexity index is 584. The zero-order valence-corrected chi connectivity index (χ0v) is 10.8. The molecule has 0 aliphatic rings. The van der Waals surface area contributed by atoms with Crippen LogP contribution in [0.1, 0.15) is 29.7 Å². The largest absolute Gasteiger partial charge is 0.320 e. The minimum absolute atomic E-state index is 0.0374. The van der Waals surface area contributed by atoms with Gasteiger partial charge in [-0.2, -0.15) is 0 Å². The van der Waals surface area contributed by atoms with Crippen molar-refractivity contribution >= 4 is 0 Å². The van der Waals surface area contributed by atoms with Crippen LogP contribution in [0.4, 0.5) is 0 Å². The molecule has 1 unspecified atom stereocenters. The highest BCUT2D eigenvalue weighted by Gasteiger charge is 2.12. The molecule has 0 amide bonds. The molecule has 1 atom stereocenters. The number of nitrogens with two attached hydrogens (primary N) is 1. The van der Waals surface area contributed by atoms with Crippen LogP contribution < -0.4 is 11.3 Å². The van der Waals surface area contributed by atoms with Crippen molar-refractivity contribution in [2.24, 2.45) is 12.8 Å². The number of aryl methyl sites for hydroxylation is 2. The van der Waals surface area contributed by atoms with Gasteiger partial charge in [0.25, 0.3) is 5.56 Å². The number of nitrogens with zero attached hydrogens (tertiary/aromatic N) is 1. The first-order valence-corrected chi connectivity index (χ1v) is 6.13. The molecule has 3 heteroatoms. The van der Waals surface area contributed by atoms with Crippen LogP contribution in [0.5, 0.6) is 0 Å². The van der Waals surface area contributed by atoms with Crippen LogP contribution in [0.2, 0.25) is 0 Å². The van der Waals surface area contributed by atoms with Gasteiger partial charge in [-0.1, -0.05) is 37.3 Å². The van der Waals surface area contributed by atoms with E-state index in [0.717, 1.165) is 12.0 Å². The lowest BCUT2D eigenvalue weighted by molar-refractivity contribution is 0.784. The Kier molecular flexibility index (Phi) is 3.63. The van der Waals surface area contributed by atoms with E-state index in [1.54, 1.807) is 23.9 Å². The normalized spacial score (nSPS) is 12.4. The lowest BCUT2D eigenvalue weighted by Gasteiger charge is -2.13. The fourth-order valence-electron chi connectivity index (χ4n) is 2.00. The number of hydrogen-bond donors (Lipinski definition) is 1. The molecule has 2 rings (SSSR count). The third kappa shape index (κ3) is 2.36. The molecule has 2 aromatic rings. The Labute approximate surface area is 107 Å². The molecule has 0 saturated carbocycles. The predicted octanol–water partition coefficient (Wildman–Crippen LogP) is 2.00. The molecular formula is C15H18N2O. The van der Waals surface area contributed by atoms with Gasteiger partial charge in [-0.05, 0) is 23.6 Å². The fraction of sp³-hybridized carbons (Fsp3) is 0.267. The highest BCUT2D eigenvalue weighted by atomic mass is 16.1. The lowest BCUT2D eigenvalue weighted by atomic mass is 9.99. The van der Waals surface area contributed by atoms with Crippen molar-refractivity contribution in [3.05, 3.63) is 69.6 Å². The first kappa shape index (κ1) is 12.6. The monoisotopic (exact) mass is 242 g/mol. The highest BCUT2D eigenvalue weighted by molar-refractivity contribution is 5.32. The maximum absolute atomic E-state index is 12.0. The van der Waals surface area contributed by atoms with Crippen molar-refractivity contribution in [2.45, 2.75) is 19.4 Å². The van der Waals surface area contributed by atoms with Gasteiger partial charge in [-0.15, -0.1) is 0 Å². The van der Waals surface area contributed by atoms with Crippen LogP contribution in [-0.2, 0) is 13.5 Å². The molecule has 1 aromatic heterocycles. The molecule has 0 aliphatic carbocycles. The van der Waals surface area contributed by atoms with E-state index in [1.165, 1.54) is 5.56 Å². The van der Waals surface area contributed by atoms with Crippen molar-refractivity contribution in [1.29, 1.82) is 0 Å². The number of rotatable bonds is 3. The Balaban J connectivity index is 2.38. The van der Waals surface area contributed by atoms with Crippen molar-refractivity contribution in [3.8, 4) is 0 Å². The smallest absolute Gasteiger partial charge is 0.255 e. The standard InChI is InChI=1S/C15H18N2O/c1-3-11-6-8-12(9-7-11)14(16)13-5-4-10-17(2)15(13)18/h4-10,14H,3,16H2,1-2H3. The van der Waals surface area contributed by atoms with Crippen molar-refractivity contribution in [2.75, 3.05) is 0 Å². The van der Waals surface area contributed by atoms with E-state index in [-0.39, 0.29) is 11.6 Å². The van der Waals surface area contributed by atoms with Crippen LogP contribution in [0.15, 0.2) is 47.4 Å². The van der Waals surface area contributed by atoms with Gasteiger partial charge in [0.2, 0.25) is 0 Å². The fourth-order valence-corrected chi connectivity index (χ4v) is 2.00. The van der Waals surface area contributed by atoms with Gasteiger partial charge < -0.3 is 10.3 Å². The molecule has 94 valence electrons. The minimum Gasteiger partial charge on any atom is -0.320 e. The number of pyridine rings is 1. The van der Waals surface area contributed by atoms with Gasteiger partial charge in [0.15, 0.2) is 0 Å². The first-order chi connectivity index (χ1) is 8.63. The van der Waals surface area contributed by atoms with Gasteiger partial charge in [0.05, 0.1) is 6.04 Å². The van der Waals surface area contributed by atoms with Gasteiger partial charge in [-0.25, -0.2) is 0 Å². The van der Waals surface area contributed by atoms with Crippen LogP contribution >= 0.6 is 0 Å². The molecule has 0 bridgehead atoms. The molecule has 0 spiro atoms. The van der Waals surface area contributed by atoms with Crippen LogP contribution in [0, 0.1) is 0 Å². The summed E-state index contributed by atoms with van der Waals surface area (Å²) in [6.07, 6.45) is 2.74. The second-order valence-corrected chi connectivity index (χ2v) is 4.45. The zero-order chi connectivity index (χ0) is 13.1. The highest BCUT2D eigenvalue weighted by Crippen LogP contribution is 2.17. The molecule has 1 heterocycles. The molecule has 1 aromatic carbocycles. The van der Waals surface area contributed by atoms with Crippen LogP contribution in [0.25, 0.3) is 0 Å². The van der Waals surface area contributed by atoms with Gasteiger partial charge in [0.1, 0.15) is 0 Å². The van der Waals surface area contributed by atoms with Crippen LogP contribution in [-0.4, -0.2) is 4.57 Å². The molecule has 18 heavy (non-hydrogen) atoms. The lowest BCUT2D eigenvalue weighted by Crippen LogP contribution is -2.26. The quantitative estimate of drug-likeness (QED) is 0.894. The first-order valence-electron chi connectivity index (χ1n) is 6.13. The Morgan fingerprint density at radius 1 is 1.22 bits per heavy atom. The van der Waals surface area contributed by atoms with E-state index >= 15 is 0 Å². The van der Waals surface area contributed by atoms with E-state index in [1.807, 2.05) is 18.2 Å². The maximum atomic E-state index is 12.0. The number of benzene rings is 1. The Morgan fingerprint density at radius 3 is 2.50 bits per heavy atom. The summed E-state index contributed by atoms with van der Waals surface area (Å²) in [7, 11) is 1.73. The zero-order valence-electron chi connectivity index (χ0n) is 10.8.